The standard InChI is InChI=1S/C12H25NO/c1-6-9-10-11(13-7-2)12(4,5)14-8-3/h6,11,13H,1,7-10H2,2-5H3. The van der Waals surface area contributed by atoms with Gasteiger partial charge in [-0.3, -0.25) is 0 Å². The van der Waals surface area contributed by atoms with Crippen molar-refractivity contribution in [2.45, 2.75) is 52.2 Å². The number of hydrogen-bond donors (Lipinski definition) is 1. The molecule has 0 fully saturated rings. The zero-order valence-electron chi connectivity index (χ0n) is 10.1. The predicted octanol–water partition coefficient (Wildman–Crippen LogP) is 2.75. The minimum atomic E-state index is -0.0895. The molecule has 0 bridgehead atoms. The fourth-order valence-electron chi connectivity index (χ4n) is 1.70. The van der Waals surface area contributed by atoms with Crippen LogP contribution in [0, 0.1) is 0 Å². The summed E-state index contributed by atoms with van der Waals surface area (Å²) in [5, 5.41) is 3.47. The lowest BCUT2D eigenvalue weighted by atomic mass is 9.94. The van der Waals surface area contributed by atoms with Gasteiger partial charge in [0.05, 0.1) is 5.60 Å². The summed E-state index contributed by atoms with van der Waals surface area (Å²) in [7, 11) is 0. The lowest BCUT2D eigenvalue weighted by Crippen LogP contribution is -2.48. The maximum Gasteiger partial charge on any atom is 0.0778 e. The molecule has 1 N–H and O–H groups in total. The molecule has 0 aromatic rings. The fraction of sp³-hybridized carbons (Fsp3) is 0.833. The van der Waals surface area contributed by atoms with Crippen molar-refractivity contribution in [2.24, 2.45) is 0 Å². The fourth-order valence-corrected chi connectivity index (χ4v) is 1.70. The SMILES string of the molecule is C=CCCC(NCC)C(C)(C)OCC. The predicted molar refractivity (Wildman–Crippen MR) is 62.6 cm³/mol. The van der Waals surface area contributed by atoms with Crippen LogP contribution in [0.4, 0.5) is 0 Å². The first kappa shape index (κ1) is 13.7. The Bertz CT molecular complexity index is 154. The molecule has 14 heavy (non-hydrogen) atoms. The van der Waals surface area contributed by atoms with Gasteiger partial charge in [-0.05, 0) is 40.2 Å². The minimum absolute atomic E-state index is 0.0895. The Balaban J connectivity index is 4.20. The lowest BCUT2D eigenvalue weighted by molar-refractivity contribution is -0.0395. The van der Waals surface area contributed by atoms with Crippen molar-refractivity contribution >= 4 is 0 Å². The van der Waals surface area contributed by atoms with Crippen molar-refractivity contribution in [3.05, 3.63) is 12.7 Å². The summed E-state index contributed by atoms with van der Waals surface area (Å²) in [6.45, 7) is 14.0. The molecular formula is C12H25NO. The molecule has 0 saturated carbocycles. The van der Waals surface area contributed by atoms with Gasteiger partial charge in [0, 0.05) is 12.6 Å². The highest BCUT2D eigenvalue weighted by Gasteiger charge is 2.28. The van der Waals surface area contributed by atoms with E-state index in [1.807, 2.05) is 13.0 Å². The summed E-state index contributed by atoms with van der Waals surface area (Å²) in [6.07, 6.45) is 4.09. The van der Waals surface area contributed by atoms with Crippen molar-refractivity contribution in [3.8, 4) is 0 Å². The Morgan fingerprint density at radius 3 is 2.50 bits per heavy atom. The smallest absolute Gasteiger partial charge is 0.0778 e. The van der Waals surface area contributed by atoms with Gasteiger partial charge in [-0.25, -0.2) is 0 Å². The zero-order valence-corrected chi connectivity index (χ0v) is 10.1. The third kappa shape index (κ3) is 4.77. The van der Waals surface area contributed by atoms with Crippen LogP contribution >= 0.6 is 0 Å². The average molecular weight is 199 g/mol. The molecule has 0 aromatic carbocycles. The van der Waals surface area contributed by atoms with E-state index >= 15 is 0 Å². The number of hydrogen-bond acceptors (Lipinski definition) is 2. The van der Waals surface area contributed by atoms with Crippen LogP contribution in [0.1, 0.15) is 40.5 Å². The van der Waals surface area contributed by atoms with Crippen LogP contribution in [0.2, 0.25) is 0 Å². The Morgan fingerprint density at radius 2 is 2.07 bits per heavy atom. The summed E-state index contributed by atoms with van der Waals surface area (Å²) in [5.41, 5.74) is -0.0895. The molecule has 84 valence electrons. The third-order valence-corrected chi connectivity index (χ3v) is 2.47. The molecule has 0 aromatic heterocycles. The molecule has 0 spiro atoms. The van der Waals surface area contributed by atoms with Gasteiger partial charge < -0.3 is 10.1 Å². The van der Waals surface area contributed by atoms with E-state index < -0.39 is 0 Å². The number of rotatable bonds is 8. The molecule has 0 rings (SSSR count). The summed E-state index contributed by atoms with van der Waals surface area (Å²) < 4.78 is 5.74. The van der Waals surface area contributed by atoms with Crippen molar-refractivity contribution in [1.82, 2.24) is 5.32 Å². The van der Waals surface area contributed by atoms with E-state index in [9.17, 15) is 0 Å². The van der Waals surface area contributed by atoms with Gasteiger partial charge in [-0.2, -0.15) is 0 Å². The molecule has 0 heterocycles. The average Bonchev–Trinajstić information content (AvgIpc) is 2.11. The van der Waals surface area contributed by atoms with Gasteiger partial charge in [0.2, 0.25) is 0 Å². The van der Waals surface area contributed by atoms with Crippen LogP contribution in [-0.4, -0.2) is 24.8 Å². The van der Waals surface area contributed by atoms with Gasteiger partial charge in [-0.15, -0.1) is 6.58 Å². The largest absolute Gasteiger partial charge is 0.374 e. The zero-order chi connectivity index (χ0) is 11.0. The van der Waals surface area contributed by atoms with Crippen molar-refractivity contribution in [1.29, 1.82) is 0 Å². The first-order valence-electron chi connectivity index (χ1n) is 5.56. The first-order valence-corrected chi connectivity index (χ1v) is 5.56. The van der Waals surface area contributed by atoms with E-state index in [2.05, 4.69) is 32.7 Å². The van der Waals surface area contributed by atoms with Crippen LogP contribution in [0.25, 0.3) is 0 Å². The van der Waals surface area contributed by atoms with Crippen LogP contribution in [0.5, 0.6) is 0 Å². The number of allylic oxidation sites excluding steroid dienone is 1. The van der Waals surface area contributed by atoms with E-state index in [1.165, 1.54) is 0 Å². The van der Waals surface area contributed by atoms with Crippen molar-refractivity contribution in [2.75, 3.05) is 13.2 Å². The molecule has 0 radical (unpaired) electrons. The molecule has 1 atom stereocenters. The minimum Gasteiger partial charge on any atom is -0.374 e. The second-order valence-electron chi connectivity index (χ2n) is 4.01. The number of nitrogens with one attached hydrogen (secondary N) is 1. The molecular weight excluding hydrogens is 174 g/mol. The van der Waals surface area contributed by atoms with Gasteiger partial charge in [-0.1, -0.05) is 13.0 Å². The van der Waals surface area contributed by atoms with Crippen LogP contribution in [-0.2, 0) is 4.74 Å². The maximum absolute atomic E-state index is 5.74. The van der Waals surface area contributed by atoms with Crippen LogP contribution < -0.4 is 5.32 Å². The molecule has 0 amide bonds. The maximum atomic E-state index is 5.74. The molecule has 0 aliphatic carbocycles. The van der Waals surface area contributed by atoms with Gasteiger partial charge in [0.25, 0.3) is 0 Å². The summed E-state index contributed by atoms with van der Waals surface area (Å²) in [6, 6.07) is 0.408. The van der Waals surface area contributed by atoms with Crippen molar-refractivity contribution in [3.63, 3.8) is 0 Å². The molecule has 0 aliphatic heterocycles. The topological polar surface area (TPSA) is 21.3 Å². The highest BCUT2D eigenvalue weighted by Crippen LogP contribution is 2.19. The van der Waals surface area contributed by atoms with Crippen molar-refractivity contribution < 1.29 is 4.74 Å². The second-order valence-corrected chi connectivity index (χ2v) is 4.01. The lowest BCUT2D eigenvalue weighted by Gasteiger charge is -2.34. The molecule has 0 aliphatic rings. The van der Waals surface area contributed by atoms with E-state index in [4.69, 9.17) is 4.74 Å². The molecule has 1 unspecified atom stereocenters. The quantitative estimate of drug-likeness (QED) is 0.607. The third-order valence-electron chi connectivity index (χ3n) is 2.47. The Morgan fingerprint density at radius 1 is 1.43 bits per heavy atom. The Hall–Kier alpha value is -0.340. The van der Waals surface area contributed by atoms with E-state index in [0.717, 1.165) is 26.0 Å². The van der Waals surface area contributed by atoms with Gasteiger partial charge >= 0.3 is 0 Å². The highest BCUT2D eigenvalue weighted by molar-refractivity contribution is 4.87. The monoisotopic (exact) mass is 199 g/mol. The second kappa shape index (κ2) is 7.02. The summed E-state index contributed by atoms with van der Waals surface area (Å²) in [4.78, 5) is 0. The van der Waals surface area contributed by atoms with Crippen LogP contribution in [0.15, 0.2) is 12.7 Å². The molecule has 2 nitrogen and oxygen atoms in total. The van der Waals surface area contributed by atoms with E-state index in [1.54, 1.807) is 0 Å². The van der Waals surface area contributed by atoms with E-state index in [0.29, 0.717) is 6.04 Å². The van der Waals surface area contributed by atoms with Gasteiger partial charge in [0.15, 0.2) is 0 Å². The number of likely N-dealkylation sites (N-methyl/N-ethyl adjacent to an activating group) is 1. The Kier molecular flexibility index (Phi) is 6.85. The van der Waals surface area contributed by atoms with Crippen LogP contribution in [0.3, 0.4) is 0 Å². The first-order chi connectivity index (χ1) is 6.58. The molecule has 0 saturated heterocycles. The van der Waals surface area contributed by atoms with Gasteiger partial charge in [0.1, 0.15) is 0 Å². The van der Waals surface area contributed by atoms with E-state index in [-0.39, 0.29) is 5.60 Å². The number of ether oxygens (including phenoxy) is 1. The normalized spacial score (nSPS) is 14.0. The Labute approximate surface area is 88.7 Å². The summed E-state index contributed by atoms with van der Waals surface area (Å²) in [5.74, 6) is 0. The summed E-state index contributed by atoms with van der Waals surface area (Å²) >= 11 is 0. The highest BCUT2D eigenvalue weighted by atomic mass is 16.5. The molecule has 2 heteroatoms.